The van der Waals surface area contributed by atoms with Gasteiger partial charge in [-0.2, -0.15) is 0 Å². The van der Waals surface area contributed by atoms with Gasteiger partial charge in [-0.3, -0.25) is 0 Å². The van der Waals surface area contributed by atoms with E-state index in [1.807, 2.05) is 6.92 Å². The van der Waals surface area contributed by atoms with Gasteiger partial charge in [-0.1, -0.05) is 24.6 Å². The van der Waals surface area contributed by atoms with Crippen molar-refractivity contribution in [1.82, 2.24) is 0 Å². The second-order valence-corrected chi connectivity index (χ2v) is 5.20. The summed E-state index contributed by atoms with van der Waals surface area (Å²) >= 11 is 6.03. The van der Waals surface area contributed by atoms with Crippen molar-refractivity contribution in [2.75, 3.05) is 7.11 Å². The number of methoxy groups -OCH3 is 1. The van der Waals surface area contributed by atoms with Gasteiger partial charge in [0.2, 0.25) is 0 Å². The maximum atomic E-state index is 14.0. The molecule has 0 N–H and O–H groups in total. The van der Waals surface area contributed by atoms with Crippen molar-refractivity contribution >= 4 is 17.8 Å². The molecular formula is C17H15ClF2O4. The van der Waals surface area contributed by atoms with E-state index < -0.39 is 17.8 Å². The lowest BCUT2D eigenvalue weighted by molar-refractivity contribution is 0.120. The zero-order valence-corrected chi connectivity index (χ0v) is 13.8. The number of rotatable bonds is 5. The highest BCUT2D eigenvalue weighted by atomic mass is 35.5. The van der Waals surface area contributed by atoms with Crippen molar-refractivity contribution in [2.24, 2.45) is 0 Å². The Kier molecular flexibility index (Phi) is 5.98. The maximum Gasteiger partial charge on any atom is 0.513 e. The third-order valence-corrected chi connectivity index (χ3v) is 3.64. The minimum absolute atomic E-state index is 0.0435. The zero-order chi connectivity index (χ0) is 17.7. The number of halogens is 3. The number of aryl methyl sites for hydroxylation is 1. The van der Waals surface area contributed by atoms with E-state index in [0.29, 0.717) is 17.0 Å². The summed E-state index contributed by atoms with van der Waals surface area (Å²) < 4.78 is 42.5. The number of hydrogen-bond donors (Lipinski definition) is 0. The molecule has 0 aliphatic carbocycles. The Hall–Kier alpha value is -2.34. The van der Waals surface area contributed by atoms with Crippen molar-refractivity contribution in [2.45, 2.75) is 20.0 Å². The van der Waals surface area contributed by atoms with Gasteiger partial charge in [0.05, 0.1) is 12.7 Å². The lowest BCUT2D eigenvalue weighted by Gasteiger charge is -2.13. The SMILES string of the molecule is CCc1cc(F)c(OCc2c(F)cccc2OC(=O)OC)cc1Cl. The highest BCUT2D eigenvalue weighted by Gasteiger charge is 2.16. The Balaban J connectivity index is 2.23. The first-order chi connectivity index (χ1) is 11.5. The summed E-state index contributed by atoms with van der Waals surface area (Å²) in [6, 6.07) is 6.52. The molecule has 7 heteroatoms. The fourth-order valence-electron chi connectivity index (χ4n) is 2.01. The molecule has 0 aromatic heterocycles. The van der Waals surface area contributed by atoms with Crippen LogP contribution in [0.15, 0.2) is 30.3 Å². The predicted octanol–water partition coefficient (Wildman–Crippen LogP) is 4.90. The van der Waals surface area contributed by atoms with Crippen LogP contribution in [-0.4, -0.2) is 13.3 Å². The highest BCUT2D eigenvalue weighted by Crippen LogP contribution is 2.29. The molecule has 4 nitrogen and oxygen atoms in total. The molecule has 0 saturated carbocycles. The van der Waals surface area contributed by atoms with Gasteiger partial charge in [0.15, 0.2) is 11.6 Å². The molecule has 2 rings (SSSR count). The number of carbonyl (C=O) groups is 1. The van der Waals surface area contributed by atoms with Crippen molar-refractivity contribution in [3.63, 3.8) is 0 Å². The number of carbonyl (C=O) groups excluding carboxylic acids is 1. The summed E-state index contributed by atoms with van der Waals surface area (Å²) in [4.78, 5) is 11.2. The average Bonchev–Trinajstić information content (AvgIpc) is 2.56. The van der Waals surface area contributed by atoms with E-state index in [9.17, 15) is 13.6 Å². The molecule has 0 spiro atoms. The predicted molar refractivity (Wildman–Crippen MR) is 84.6 cm³/mol. The molecule has 0 heterocycles. The highest BCUT2D eigenvalue weighted by molar-refractivity contribution is 6.31. The van der Waals surface area contributed by atoms with Crippen LogP contribution in [0.3, 0.4) is 0 Å². The van der Waals surface area contributed by atoms with Crippen LogP contribution in [-0.2, 0) is 17.8 Å². The van der Waals surface area contributed by atoms with Crippen molar-refractivity contribution in [3.8, 4) is 11.5 Å². The Morgan fingerprint density at radius 2 is 1.92 bits per heavy atom. The smallest absolute Gasteiger partial charge is 0.486 e. The monoisotopic (exact) mass is 356 g/mol. The van der Waals surface area contributed by atoms with Crippen LogP contribution in [0.4, 0.5) is 13.6 Å². The Labute approximate surface area is 142 Å². The Morgan fingerprint density at radius 3 is 2.58 bits per heavy atom. The van der Waals surface area contributed by atoms with Crippen LogP contribution in [0.2, 0.25) is 5.02 Å². The molecule has 0 aliphatic rings. The largest absolute Gasteiger partial charge is 0.513 e. The first-order valence-corrected chi connectivity index (χ1v) is 7.48. The lowest BCUT2D eigenvalue weighted by Crippen LogP contribution is -2.11. The molecule has 2 aromatic rings. The number of hydrogen-bond acceptors (Lipinski definition) is 4. The van der Waals surface area contributed by atoms with E-state index in [2.05, 4.69) is 4.74 Å². The van der Waals surface area contributed by atoms with Gasteiger partial charge >= 0.3 is 6.16 Å². The molecule has 24 heavy (non-hydrogen) atoms. The molecule has 0 unspecified atom stereocenters. The molecule has 0 amide bonds. The fraction of sp³-hybridized carbons (Fsp3) is 0.235. The second kappa shape index (κ2) is 7.97. The maximum absolute atomic E-state index is 14.0. The Bertz CT molecular complexity index is 750. The average molecular weight is 357 g/mol. The Morgan fingerprint density at radius 1 is 1.17 bits per heavy atom. The summed E-state index contributed by atoms with van der Waals surface area (Å²) in [5, 5.41) is 0.355. The summed E-state index contributed by atoms with van der Waals surface area (Å²) in [6.07, 6.45) is -0.427. The second-order valence-electron chi connectivity index (χ2n) is 4.79. The summed E-state index contributed by atoms with van der Waals surface area (Å²) in [7, 11) is 1.13. The van der Waals surface area contributed by atoms with Crippen LogP contribution in [0, 0.1) is 11.6 Å². The van der Waals surface area contributed by atoms with E-state index in [4.69, 9.17) is 21.1 Å². The minimum Gasteiger partial charge on any atom is -0.486 e. The third-order valence-electron chi connectivity index (χ3n) is 3.29. The van der Waals surface area contributed by atoms with E-state index in [1.54, 1.807) is 0 Å². The summed E-state index contributed by atoms with van der Waals surface area (Å²) in [5.74, 6) is -1.46. The summed E-state index contributed by atoms with van der Waals surface area (Å²) in [6.45, 7) is 1.49. The van der Waals surface area contributed by atoms with E-state index in [1.165, 1.54) is 30.3 Å². The molecule has 0 aliphatic heterocycles. The molecular weight excluding hydrogens is 342 g/mol. The number of ether oxygens (including phenoxy) is 3. The van der Waals surface area contributed by atoms with E-state index in [0.717, 1.165) is 7.11 Å². The van der Waals surface area contributed by atoms with Gasteiger partial charge in [-0.25, -0.2) is 13.6 Å². The van der Waals surface area contributed by atoms with Crippen LogP contribution in [0.5, 0.6) is 11.5 Å². The third kappa shape index (κ3) is 4.14. The topological polar surface area (TPSA) is 44.8 Å². The quantitative estimate of drug-likeness (QED) is 0.564. The molecule has 0 fully saturated rings. The molecule has 128 valence electrons. The van der Waals surface area contributed by atoms with Gasteiger partial charge < -0.3 is 14.2 Å². The van der Waals surface area contributed by atoms with Crippen molar-refractivity contribution in [1.29, 1.82) is 0 Å². The van der Waals surface area contributed by atoms with Gasteiger partial charge in [0.1, 0.15) is 18.2 Å². The normalized spacial score (nSPS) is 10.4. The molecule has 0 saturated heterocycles. The molecule has 0 bridgehead atoms. The van der Waals surface area contributed by atoms with E-state index in [-0.39, 0.29) is 23.7 Å². The fourth-order valence-corrected chi connectivity index (χ4v) is 2.29. The minimum atomic E-state index is -0.997. The van der Waals surface area contributed by atoms with Gasteiger partial charge in [0, 0.05) is 11.1 Å². The zero-order valence-electron chi connectivity index (χ0n) is 13.1. The van der Waals surface area contributed by atoms with Crippen LogP contribution < -0.4 is 9.47 Å². The molecule has 0 radical (unpaired) electrons. The summed E-state index contributed by atoms with van der Waals surface area (Å²) in [5.41, 5.74) is 0.597. The van der Waals surface area contributed by atoms with Crippen molar-refractivity contribution < 1.29 is 27.8 Å². The lowest BCUT2D eigenvalue weighted by atomic mass is 10.1. The van der Waals surface area contributed by atoms with Gasteiger partial charge in [-0.05, 0) is 30.2 Å². The van der Waals surface area contributed by atoms with Crippen molar-refractivity contribution in [3.05, 3.63) is 58.1 Å². The first kappa shape index (κ1) is 18.0. The van der Waals surface area contributed by atoms with Crippen LogP contribution >= 0.6 is 11.6 Å². The van der Waals surface area contributed by atoms with E-state index >= 15 is 0 Å². The van der Waals surface area contributed by atoms with Gasteiger partial charge in [-0.15, -0.1) is 0 Å². The van der Waals surface area contributed by atoms with Crippen LogP contribution in [0.1, 0.15) is 18.1 Å². The first-order valence-electron chi connectivity index (χ1n) is 7.10. The molecule has 0 atom stereocenters. The number of benzene rings is 2. The molecule has 2 aromatic carbocycles. The van der Waals surface area contributed by atoms with Gasteiger partial charge in [0.25, 0.3) is 0 Å². The standard InChI is InChI=1S/C17H15ClF2O4/c1-3-10-7-14(20)16(8-12(10)18)23-9-11-13(19)5-4-6-15(11)24-17(21)22-2/h4-8H,3,9H2,1-2H3. The van der Waals surface area contributed by atoms with Crippen LogP contribution in [0.25, 0.3) is 0 Å².